The van der Waals surface area contributed by atoms with Gasteiger partial charge >= 0.3 is 5.97 Å². The molecule has 9 heteroatoms. The second-order valence-electron chi connectivity index (χ2n) is 6.22. The average Bonchev–Trinajstić information content (AvgIpc) is 3.19. The van der Waals surface area contributed by atoms with Crippen molar-refractivity contribution in [3.63, 3.8) is 0 Å². The summed E-state index contributed by atoms with van der Waals surface area (Å²) in [5.74, 6) is -0.997. The van der Waals surface area contributed by atoms with E-state index < -0.39 is 18.5 Å². The normalized spacial score (nSPS) is 10.2. The zero-order chi connectivity index (χ0) is 21.5. The maximum absolute atomic E-state index is 12.3. The molecule has 0 aliphatic heterocycles. The Balaban J connectivity index is 1.50. The molecule has 1 aromatic heterocycles. The summed E-state index contributed by atoms with van der Waals surface area (Å²) in [5.41, 5.74) is 2.02. The molecule has 1 heterocycles. The number of aryl methyl sites for hydroxylation is 1. The Morgan fingerprint density at radius 3 is 2.20 bits per heavy atom. The maximum atomic E-state index is 12.3. The van der Waals surface area contributed by atoms with Crippen molar-refractivity contribution in [2.45, 2.75) is 6.92 Å². The van der Waals surface area contributed by atoms with Crippen molar-refractivity contribution in [2.75, 3.05) is 24.4 Å². The van der Waals surface area contributed by atoms with E-state index in [9.17, 15) is 14.4 Å². The number of esters is 1. The number of aromatic nitrogens is 1. The first kappa shape index (κ1) is 20.6. The first-order valence-electron chi connectivity index (χ1n) is 8.90. The van der Waals surface area contributed by atoms with E-state index in [1.54, 1.807) is 62.6 Å². The number of carbonyl (C=O) groups excluding carboxylic acids is 3. The Bertz CT molecular complexity index is 1040. The van der Waals surface area contributed by atoms with Crippen molar-refractivity contribution >= 4 is 29.2 Å². The predicted octanol–water partition coefficient (Wildman–Crippen LogP) is 3.04. The molecule has 2 aromatic carbocycles. The number of hydrogen-bond acceptors (Lipinski definition) is 7. The lowest BCUT2D eigenvalue weighted by molar-refractivity contribution is -0.119. The molecular weight excluding hydrogens is 390 g/mol. The molecule has 0 spiro atoms. The van der Waals surface area contributed by atoms with Crippen LogP contribution in [0.4, 0.5) is 11.4 Å². The second kappa shape index (κ2) is 9.37. The lowest BCUT2D eigenvalue weighted by atomic mass is 10.2. The first-order chi connectivity index (χ1) is 14.4. The number of hydrogen-bond donors (Lipinski definition) is 2. The van der Waals surface area contributed by atoms with Gasteiger partial charge in [0.2, 0.25) is 5.76 Å². The number of methoxy groups -OCH3 is 1. The summed E-state index contributed by atoms with van der Waals surface area (Å²) in [4.78, 5) is 36.0. The van der Waals surface area contributed by atoms with Gasteiger partial charge in [-0.1, -0.05) is 5.16 Å². The molecule has 154 valence electrons. The number of ether oxygens (including phenoxy) is 2. The second-order valence-corrected chi connectivity index (χ2v) is 6.22. The quantitative estimate of drug-likeness (QED) is 0.576. The summed E-state index contributed by atoms with van der Waals surface area (Å²) < 4.78 is 14.7. The van der Waals surface area contributed by atoms with Crippen LogP contribution in [-0.4, -0.2) is 36.7 Å². The van der Waals surface area contributed by atoms with Crippen LogP contribution in [0.5, 0.6) is 5.75 Å². The number of rotatable bonds is 7. The highest BCUT2D eigenvalue weighted by molar-refractivity contribution is 6.04. The van der Waals surface area contributed by atoms with Crippen molar-refractivity contribution in [2.24, 2.45) is 0 Å². The van der Waals surface area contributed by atoms with Crippen LogP contribution in [0, 0.1) is 6.92 Å². The van der Waals surface area contributed by atoms with Gasteiger partial charge in [0.1, 0.15) is 5.75 Å². The van der Waals surface area contributed by atoms with Crippen LogP contribution in [0.25, 0.3) is 0 Å². The smallest absolute Gasteiger partial charge is 0.377 e. The molecule has 30 heavy (non-hydrogen) atoms. The summed E-state index contributed by atoms with van der Waals surface area (Å²) in [5, 5.41) is 8.92. The van der Waals surface area contributed by atoms with Gasteiger partial charge in [0, 0.05) is 23.0 Å². The zero-order valence-corrected chi connectivity index (χ0v) is 16.3. The standard InChI is InChI=1S/C21H19N3O6/c1-13-11-18(30-24-13)21(27)29-12-19(25)22-15-5-3-14(4-6-15)20(26)23-16-7-9-17(28-2)10-8-16/h3-11H,12H2,1-2H3,(H,22,25)(H,23,26). The summed E-state index contributed by atoms with van der Waals surface area (Å²) in [6, 6.07) is 14.6. The molecule has 3 rings (SSSR count). The van der Waals surface area contributed by atoms with E-state index in [4.69, 9.17) is 14.0 Å². The lowest BCUT2D eigenvalue weighted by Crippen LogP contribution is -2.21. The molecule has 0 fully saturated rings. The Morgan fingerprint density at radius 1 is 0.967 bits per heavy atom. The molecule has 0 aliphatic rings. The highest BCUT2D eigenvalue weighted by Gasteiger charge is 2.15. The Labute approximate surface area is 172 Å². The van der Waals surface area contributed by atoms with E-state index in [1.807, 2.05) is 0 Å². The van der Waals surface area contributed by atoms with Gasteiger partial charge < -0.3 is 24.6 Å². The van der Waals surface area contributed by atoms with Gasteiger partial charge in [-0.25, -0.2) is 4.79 Å². The van der Waals surface area contributed by atoms with Gasteiger partial charge in [0.05, 0.1) is 12.8 Å². The van der Waals surface area contributed by atoms with E-state index in [0.717, 1.165) is 0 Å². The van der Waals surface area contributed by atoms with E-state index >= 15 is 0 Å². The van der Waals surface area contributed by atoms with E-state index in [-0.39, 0.29) is 11.7 Å². The number of carbonyl (C=O) groups is 3. The van der Waals surface area contributed by atoms with Crippen molar-refractivity contribution < 1.29 is 28.4 Å². The van der Waals surface area contributed by atoms with E-state index in [0.29, 0.717) is 28.4 Å². The summed E-state index contributed by atoms with van der Waals surface area (Å²) in [6.07, 6.45) is 0. The zero-order valence-electron chi connectivity index (χ0n) is 16.3. The van der Waals surface area contributed by atoms with Crippen molar-refractivity contribution in [1.29, 1.82) is 0 Å². The molecule has 9 nitrogen and oxygen atoms in total. The number of nitrogens with zero attached hydrogens (tertiary/aromatic N) is 1. The Kier molecular flexibility index (Phi) is 6.43. The molecule has 2 N–H and O–H groups in total. The topological polar surface area (TPSA) is 120 Å². The Hall–Kier alpha value is -4.14. The monoisotopic (exact) mass is 409 g/mol. The molecule has 0 saturated heterocycles. The molecule has 2 amide bonds. The summed E-state index contributed by atoms with van der Waals surface area (Å²) in [7, 11) is 1.56. The first-order valence-corrected chi connectivity index (χ1v) is 8.90. The molecule has 0 atom stereocenters. The molecule has 0 saturated carbocycles. The van der Waals surface area contributed by atoms with Crippen LogP contribution in [-0.2, 0) is 9.53 Å². The minimum Gasteiger partial charge on any atom is -0.497 e. The molecule has 0 radical (unpaired) electrons. The summed E-state index contributed by atoms with van der Waals surface area (Å²) >= 11 is 0. The van der Waals surface area contributed by atoms with E-state index in [2.05, 4.69) is 15.8 Å². The summed E-state index contributed by atoms with van der Waals surface area (Å²) in [6.45, 7) is 1.17. The molecule has 0 unspecified atom stereocenters. The van der Waals surface area contributed by atoms with Crippen molar-refractivity contribution in [3.8, 4) is 5.75 Å². The predicted molar refractivity (Wildman–Crippen MR) is 108 cm³/mol. The number of anilines is 2. The minimum absolute atomic E-state index is 0.0764. The van der Waals surface area contributed by atoms with Crippen molar-refractivity contribution in [1.82, 2.24) is 5.16 Å². The third-order valence-electron chi connectivity index (χ3n) is 3.94. The Morgan fingerprint density at radius 2 is 1.60 bits per heavy atom. The maximum Gasteiger partial charge on any atom is 0.377 e. The minimum atomic E-state index is -0.781. The molecular formula is C21H19N3O6. The molecule has 3 aromatic rings. The van der Waals surface area contributed by atoms with E-state index in [1.165, 1.54) is 6.07 Å². The van der Waals surface area contributed by atoms with Crippen LogP contribution in [0.1, 0.15) is 26.6 Å². The fraction of sp³-hybridized carbons (Fsp3) is 0.143. The van der Waals surface area contributed by atoms with Gasteiger partial charge in [0.15, 0.2) is 6.61 Å². The van der Waals surface area contributed by atoms with Gasteiger partial charge in [-0.3, -0.25) is 9.59 Å². The van der Waals surface area contributed by atoms with Gasteiger partial charge in [0.25, 0.3) is 11.8 Å². The average molecular weight is 409 g/mol. The number of nitrogens with one attached hydrogen (secondary N) is 2. The third-order valence-corrected chi connectivity index (χ3v) is 3.94. The number of amides is 2. The largest absolute Gasteiger partial charge is 0.497 e. The van der Waals surface area contributed by atoms with Gasteiger partial charge in [-0.15, -0.1) is 0 Å². The lowest BCUT2D eigenvalue weighted by Gasteiger charge is -2.08. The van der Waals surface area contributed by atoms with Crippen LogP contribution in [0.2, 0.25) is 0 Å². The van der Waals surface area contributed by atoms with Crippen LogP contribution in [0.3, 0.4) is 0 Å². The van der Waals surface area contributed by atoms with Crippen LogP contribution < -0.4 is 15.4 Å². The third kappa shape index (κ3) is 5.44. The van der Waals surface area contributed by atoms with Gasteiger partial charge in [-0.2, -0.15) is 0 Å². The van der Waals surface area contributed by atoms with Gasteiger partial charge in [-0.05, 0) is 55.5 Å². The molecule has 0 aliphatic carbocycles. The SMILES string of the molecule is COc1ccc(NC(=O)c2ccc(NC(=O)COC(=O)c3cc(C)no3)cc2)cc1. The fourth-order valence-electron chi connectivity index (χ4n) is 2.44. The highest BCUT2D eigenvalue weighted by Crippen LogP contribution is 2.17. The van der Waals surface area contributed by atoms with Crippen molar-refractivity contribution in [3.05, 3.63) is 71.6 Å². The molecule has 0 bridgehead atoms. The number of benzene rings is 2. The fourth-order valence-corrected chi connectivity index (χ4v) is 2.44. The highest BCUT2D eigenvalue weighted by atomic mass is 16.6. The van der Waals surface area contributed by atoms with Crippen LogP contribution >= 0.6 is 0 Å². The van der Waals surface area contributed by atoms with Crippen LogP contribution in [0.15, 0.2) is 59.1 Å².